The van der Waals surface area contributed by atoms with Crippen LogP contribution in [0.1, 0.15) is 16.2 Å². The van der Waals surface area contributed by atoms with E-state index in [0.29, 0.717) is 15.9 Å². The van der Waals surface area contributed by atoms with E-state index in [1.807, 2.05) is 0 Å². The monoisotopic (exact) mass is 269 g/mol. The molecule has 6 heteroatoms. The Balaban J connectivity index is 2.14. The quantitative estimate of drug-likeness (QED) is 0.795. The zero-order valence-corrected chi connectivity index (χ0v) is 9.56. The molecule has 0 aliphatic heterocycles. The van der Waals surface area contributed by atoms with Crippen molar-refractivity contribution in [2.75, 3.05) is 0 Å². The number of rotatable bonds is 3. The van der Waals surface area contributed by atoms with Crippen LogP contribution in [0.15, 0.2) is 27.4 Å². The normalized spacial score (nSPS) is 10.5. The van der Waals surface area contributed by atoms with Gasteiger partial charge in [-0.2, -0.15) is 15.0 Å². The van der Waals surface area contributed by atoms with Gasteiger partial charge in [0.15, 0.2) is 5.76 Å². The number of hydrogen-bond donors (Lipinski definition) is 0. The van der Waals surface area contributed by atoms with Crippen LogP contribution in [-0.4, -0.2) is 20.8 Å². The molecule has 0 aliphatic rings. The maximum Gasteiger partial charge on any atom is 0.205 e. The van der Waals surface area contributed by atoms with E-state index in [1.54, 1.807) is 19.3 Å². The summed E-state index contributed by atoms with van der Waals surface area (Å²) in [6.45, 7) is 0. The van der Waals surface area contributed by atoms with Crippen LogP contribution < -0.4 is 0 Å². The summed E-state index contributed by atoms with van der Waals surface area (Å²) >= 11 is 3.23. The Morgan fingerprint density at radius 3 is 3.00 bits per heavy atom. The number of Topliss-reactive ketones (excluding diaryl/α,β-unsaturated/α-hetero) is 1. The van der Waals surface area contributed by atoms with Crippen molar-refractivity contribution in [2.24, 2.45) is 7.05 Å². The van der Waals surface area contributed by atoms with E-state index < -0.39 is 0 Å². The first-order chi connectivity index (χ1) is 7.16. The lowest BCUT2D eigenvalue weighted by molar-refractivity contribution is 0.0964. The largest absolute Gasteiger partial charge is 0.460 e. The number of hydrogen-bond acceptors (Lipinski definition) is 4. The van der Waals surface area contributed by atoms with E-state index in [-0.39, 0.29) is 12.2 Å². The van der Waals surface area contributed by atoms with Crippen molar-refractivity contribution < 1.29 is 9.21 Å². The van der Waals surface area contributed by atoms with Crippen molar-refractivity contribution in [1.82, 2.24) is 15.0 Å². The summed E-state index contributed by atoms with van der Waals surface area (Å²) in [6, 6.07) is 1.68. The second-order valence-electron chi connectivity index (χ2n) is 3.02. The van der Waals surface area contributed by atoms with E-state index in [2.05, 4.69) is 26.1 Å². The van der Waals surface area contributed by atoms with Gasteiger partial charge in [-0.1, -0.05) is 0 Å². The number of aryl methyl sites for hydroxylation is 1. The van der Waals surface area contributed by atoms with E-state index >= 15 is 0 Å². The zero-order chi connectivity index (χ0) is 10.8. The molecule has 2 heterocycles. The fraction of sp³-hybridized carbons (Fsp3) is 0.222. The standard InChI is InChI=1S/C9H8BrN3O2/c1-13-11-5-6(12-13)4-8(14)9-7(10)2-3-15-9/h2-3,5H,4H2,1H3. The Kier molecular flexibility index (Phi) is 2.68. The van der Waals surface area contributed by atoms with E-state index in [0.717, 1.165) is 0 Å². The molecule has 2 aromatic rings. The molecule has 0 aromatic carbocycles. The van der Waals surface area contributed by atoms with Gasteiger partial charge >= 0.3 is 0 Å². The number of ketones is 1. The first-order valence-electron chi connectivity index (χ1n) is 4.28. The highest BCUT2D eigenvalue weighted by Gasteiger charge is 2.15. The fourth-order valence-corrected chi connectivity index (χ4v) is 1.63. The van der Waals surface area contributed by atoms with Crippen LogP contribution >= 0.6 is 15.9 Å². The average molecular weight is 270 g/mol. The highest BCUT2D eigenvalue weighted by atomic mass is 79.9. The van der Waals surface area contributed by atoms with Crippen LogP contribution in [0.5, 0.6) is 0 Å². The highest BCUT2D eigenvalue weighted by Crippen LogP contribution is 2.19. The average Bonchev–Trinajstić information content (AvgIpc) is 2.75. The number of furan rings is 1. The molecule has 15 heavy (non-hydrogen) atoms. The minimum atomic E-state index is -0.118. The van der Waals surface area contributed by atoms with Crippen LogP contribution in [0.4, 0.5) is 0 Å². The highest BCUT2D eigenvalue weighted by molar-refractivity contribution is 9.10. The first-order valence-corrected chi connectivity index (χ1v) is 5.07. The number of carbonyl (C=O) groups is 1. The molecule has 0 spiro atoms. The third-order valence-corrected chi connectivity index (χ3v) is 2.48. The van der Waals surface area contributed by atoms with Gasteiger partial charge in [-0.05, 0) is 22.0 Å². The first kappa shape index (κ1) is 10.1. The van der Waals surface area contributed by atoms with Crippen molar-refractivity contribution in [2.45, 2.75) is 6.42 Å². The Morgan fingerprint density at radius 1 is 1.67 bits per heavy atom. The van der Waals surface area contributed by atoms with Crippen LogP contribution in [0, 0.1) is 0 Å². The molecule has 0 radical (unpaired) electrons. The SMILES string of the molecule is Cn1ncc(CC(=O)c2occc2Br)n1. The summed E-state index contributed by atoms with van der Waals surface area (Å²) < 4.78 is 5.72. The molecule has 0 unspecified atom stereocenters. The lowest BCUT2D eigenvalue weighted by Gasteiger charge is -1.94. The summed E-state index contributed by atoms with van der Waals surface area (Å²) in [7, 11) is 1.71. The van der Waals surface area contributed by atoms with Crippen molar-refractivity contribution in [3.05, 3.63) is 34.5 Å². The van der Waals surface area contributed by atoms with Crippen molar-refractivity contribution >= 4 is 21.7 Å². The molecule has 0 aliphatic carbocycles. The molecule has 5 nitrogen and oxygen atoms in total. The molecule has 0 bridgehead atoms. The Bertz CT molecular complexity index is 489. The number of aromatic nitrogens is 3. The number of halogens is 1. The second-order valence-corrected chi connectivity index (χ2v) is 3.88. The van der Waals surface area contributed by atoms with Gasteiger partial charge in [0, 0.05) is 7.05 Å². The zero-order valence-electron chi connectivity index (χ0n) is 7.98. The minimum Gasteiger partial charge on any atom is -0.460 e. The predicted molar refractivity (Wildman–Crippen MR) is 55.4 cm³/mol. The van der Waals surface area contributed by atoms with Crippen molar-refractivity contribution in [3.8, 4) is 0 Å². The number of carbonyl (C=O) groups excluding carboxylic acids is 1. The molecule has 0 saturated heterocycles. The molecule has 0 N–H and O–H groups in total. The molecule has 0 saturated carbocycles. The summed E-state index contributed by atoms with van der Waals surface area (Å²) in [5.41, 5.74) is 0.630. The van der Waals surface area contributed by atoms with Gasteiger partial charge in [0.05, 0.1) is 29.0 Å². The minimum absolute atomic E-state index is 0.118. The Labute approximate surface area is 94.2 Å². The third-order valence-electron chi connectivity index (χ3n) is 1.86. The summed E-state index contributed by atoms with van der Waals surface area (Å²) in [5, 5.41) is 7.90. The van der Waals surface area contributed by atoms with Crippen LogP contribution in [-0.2, 0) is 13.5 Å². The van der Waals surface area contributed by atoms with Crippen LogP contribution in [0.25, 0.3) is 0 Å². The molecule has 0 amide bonds. The lowest BCUT2D eigenvalue weighted by Crippen LogP contribution is -2.04. The summed E-state index contributed by atoms with van der Waals surface area (Å²) in [5.74, 6) is 0.202. The maximum atomic E-state index is 11.7. The van der Waals surface area contributed by atoms with Gasteiger partial charge in [-0.25, -0.2) is 0 Å². The van der Waals surface area contributed by atoms with Gasteiger partial charge < -0.3 is 4.42 Å². The van der Waals surface area contributed by atoms with E-state index in [9.17, 15) is 4.79 Å². The van der Waals surface area contributed by atoms with Gasteiger partial charge in [0.25, 0.3) is 0 Å². The smallest absolute Gasteiger partial charge is 0.205 e. The Morgan fingerprint density at radius 2 is 2.47 bits per heavy atom. The van der Waals surface area contributed by atoms with Crippen LogP contribution in [0.2, 0.25) is 0 Å². The van der Waals surface area contributed by atoms with Crippen LogP contribution in [0.3, 0.4) is 0 Å². The molecule has 2 aromatic heterocycles. The molecule has 0 fully saturated rings. The Hall–Kier alpha value is -1.43. The van der Waals surface area contributed by atoms with Crippen molar-refractivity contribution in [1.29, 1.82) is 0 Å². The molecular formula is C9H8BrN3O2. The topological polar surface area (TPSA) is 60.9 Å². The van der Waals surface area contributed by atoms with E-state index in [4.69, 9.17) is 4.42 Å². The fourth-order valence-electron chi connectivity index (χ4n) is 1.21. The molecule has 78 valence electrons. The molecular weight excluding hydrogens is 262 g/mol. The molecule has 2 rings (SSSR count). The predicted octanol–water partition coefficient (Wildman–Crippen LogP) is 1.60. The van der Waals surface area contributed by atoms with Gasteiger partial charge in [-0.3, -0.25) is 4.79 Å². The van der Waals surface area contributed by atoms with Gasteiger partial charge in [0.1, 0.15) is 0 Å². The maximum absolute atomic E-state index is 11.7. The number of nitrogens with zero attached hydrogens (tertiary/aromatic N) is 3. The molecule has 0 atom stereocenters. The lowest BCUT2D eigenvalue weighted by atomic mass is 10.2. The third kappa shape index (κ3) is 2.15. The van der Waals surface area contributed by atoms with E-state index in [1.165, 1.54) is 11.1 Å². The second kappa shape index (κ2) is 3.98. The van der Waals surface area contributed by atoms with Gasteiger partial charge in [-0.15, -0.1) is 0 Å². The summed E-state index contributed by atoms with van der Waals surface area (Å²) in [6.07, 6.45) is 3.22. The van der Waals surface area contributed by atoms with Gasteiger partial charge in [0.2, 0.25) is 5.78 Å². The van der Waals surface area contributed by atoms with Crippen molar-refractivity contribution in [3.63, 3.8) is 0 Å². The summed E-state index contributed by atoms with van der Waals surface area (Å²) in [4.78, 5) is 13.1.